The Labute approximate surface area is 38.4 Å². The Morgan fingerprint density at radius 1 is 1.80 bits per heavy atom. The van der Waals surface area contributed by atoms with Crippen LogP contribution in [0.3, 0.4) is 0 Å². The second-order valence-corrected chi connectivity index (χ2v) is 3.25. The van der Waals surface area contributed by atoms with Crippen molar-refractivity contribution in [2.75, 3.05) is 0 Å². The van der Waals surface area contributed by atoms with Crippen molar-refractivity contribution in [2.24, 2.45) is 0 Å². The zero-order chi connectivity index (χ0) is 3.54. The van der Waals surface area contributed by atoms with Crippen LogP contribution >= 0.6 is 0 Å². The molecule has 1 radical (unpaired) electrons. The molecule has 1 rings (SSSR count). The molecule has 2 heteroatoms. The Balaban J connectivity index is 2.64. The van der Waals surface area contributed by atoms with Crippen LogP contribution in [0, 0.1) is 0 Å². The van der Waals surface area contributed by atoms with Crippen molar-refractivity contribution in [3.63, 3.8) is 0 Å². The predicted molar refractivity (Wildman–Crippen MR) is 27.0 cm³/mol. The summed E-state index contributed by atoms with van der Waals surface area (Å²) in [4.78, 5) is 2.40. The molecule has 25 valence electrons. The minimum atomic E-state index is 0.604. The first-order chi connectivity index (χ1) is 2.50. The van der Waals surface area contributed by atoms with Gasteiger partial charge in [0.15, 0.2) is 0 Å². The molecule has 5 heavy (non-hydrogen) atoms. The van der Waals surface area contributed by atoms with Crippen molar-refractivity contribution >= 4 is 25.0 Å². The van der Waals surface area contributed by atoms with Gasteiger partial charge in [0.2, 0.25) is 0 Å². The molecule has 0 spiro atoms. The van der Waals surface area contributed by atoms with Gasteiger partial charge >= 0.3 is 37.8 Å². The van der Waals surface area contributed by atoms with Gasteiger partial charge < -0.3 is 0 Å². The SMILES string of the molecule is B1=[As]=CCC1. The molecular weight excluding hydrogens is 122 g/mol. The van der Waals surface area contributed by atoms with E-state index in [0.29, 0.717) is 14.7 Å². The van der Waals surface area contributed by atoms with Gasteiger partial charge in [-0.3, -0.25) is 0 Å². The molecule has 0 unspecified atom stereocenters. The zero-order valence-electron chi connectivity index (χ0n) is 3.02. The molecule has 0 aliphatic carbocycles. The Morgan fingerprint density at radius 3 is 3.00 bits per heavy atom. The molecular formula is C3H5AsB. The van der Waals surface area contributed by atoms with Crippen LogP contribution in [0.15, 0.2) is 0 Å². The minimum absolute atomic E-state index is 0.604. The van der Waals surface area contributed by atoms with Gasteiger partial charge in [0.25, 0.3) is 0 Å². The van der Waals surface area contributed by atoms with Crippen LogP contribution in [0.1, 0.15) is 6.42 Å². The third-order valence-electron chi connectivity index (χ3n) is 0.636. The molecule has 1 aliphatic heterocycles. The monoisotopic (exact) mass is 127 g/mol. The Bertz CT molecular complexity index is 72.9. The summed E-state index contributed by atoms with van der Waals surface area (Å²) in [6.45, 7) is 0. The first-order valence-corrected chi connectivity index (χ1v) is 4.00. The van der Waals surface area contributed by atoms with Crippen molar-refractivity contribution in [1.82, 2.24) is 0 Å². The quantitative estimate of drug-likeness (QED) is 0.399. The van der Waals surface area contributed by atoms with Gasteiger partial charge in [0, 0.05) is 0 Å². The van der Waals surface area contributed by atoms with Crippen LogP contribution < -0.4 is 0 Å². The molecule has 0 aromatic rings. The van der Waals surface area contributed by atoms with Gasteiger partial charge in [-0.15, -0.1) is 0 Å². The van der Waals surface area contributed by atoms with E-state index in [1.54, 1.807) is 0 Å². The zero-order valence-corrected chi connectivity index (χ0v) is 4.89. The van der Waals surface area contributed by atoms with Gasteiger partial charge in [0.1, 0.15) is 0 Å². The number of rotatable bonds is 0. The molecule has 0 aromatic carbocycles. The summed E-state index contributed by atoms with van der Waals surface area (Å²) in [7, 11) is 0. The third kappa shape index (κ3) is 0.926. The Kier molecular flexibility index (Phi) is 1.34. The number of hydrogen-bond acceptors (Lipinski definition) is 0. The van der Waals surface area contributed by atoms with Crippen molar-refractivity contribution in [3.8, 4) is 0 Å². The second kappa shape index (κ2) is 1.82. The third-order valence-corrected chi connectivity index (χ3v) is 2.60. The molecule has 1 aliphatic rings. The van der Waals surface area contributed by atoms with Crippen LogP contribution in [-0.4, -0.2) is 25.0 Å². The Morgan fingerprint density at radius 2 is 2.80 bits per heavy atom. The van der Waals surface area contributed by atoms with E-state index in [-0.39, 0.29) is 0 Å². The van der Waals surface area contributed by atoms with Crippen molar-refractivity contribution in [3.05, 3.63) is 0 Å². The average Bonchev–Trinajstić information content (AvgIpc) is 1.76. The first-order valence-electron chi connectivity index (χ1n) is 1.83. The van der Waals surface area contributed by atoms with E-state index in [0.717, 1.165) is 0 Å². The molecule has 0 saturated carbocycles. The van der Waals surface area contributed by atoms with Crippen LogP contribution in [-0.2, 0) is 0 Å². The van der Waals surface area contributed by atoms with Gasteiger partial charge in [-0.25, -0.2) is 0 Å². The van der Waals surface area contributed by atoms with Crippen molar-refractivity contribution in [1.29, 1.82) is 0 Å². The van der Waals surface area contributed by atoms with Crippen molar-refractivity contribution in [2.45, 2.75) is 12.7 Å². The average molecular weight is 127 g/mol. The second-order valence-electron chi connectivity index (χ2n) is 1.09. The summed E-state index contributed by atoms with van der Waals surface area (Å²) < 4.78 is 0. The fourth-order valence-electron chi connectivity index (χ4n) is 0.373. The molecule has 0 fully saturated rings. The van der Waals surface area contributed by atoms with Gasteiger partial charge in [-0.1, -0.05) is 0 Å². The van der Waals surface area contributed by atoms with Gasteiger partial charge in [-0.05, 0) is 0 Å². The van der Waals surface area contributed by atoms with E-state index in [9.17, 15) is 0 Å². The molecule has 0 amide bonds. The summed E-state index contributed by atoms with van der Waals surface area (Å²) in [5.74, 6) is 0. The summed E-state index contributed by atoms with van der Waals surface area (Å²) in [5, 5.41) is 0. The van der Waals surface area contributed by atoms with E-state index in [1.165, 1.54) is 12.7 Å². The fourth-order valence-corrected chi connectivity index (χ4v) is 1.94. The van der Waals surface area contributed by atoms with E-state index in [1.807, 2.05) is 0 Å². The van der Waals surface area contributed by atoms with Crippen molar-refractivity contribution < 1.29 is 0 Å². The Hall–Kier alpha value is 0.493. The van der Waals surface area contributed by atoms with E-state index in [2.05, 4.69) is 10.4 Å². The number of hydrogen-bond donors (Lipinski definition) is 0. The van der Waals surface area contributed by atoms with E-state index < -0.39 is 0 Å². The summed E-state index contributed by atoms with van der Waals surface area (Å²) in [6.07, 6.45) is 2.72. The van der Waals surface area contributed by atoms with E-state index >= 15 is 0 Å². The summed E-state index contributed by atoms with van der Waals surface area (Å²) in [6, 6.07) is 0. The van der Waals surface area contributed by atoms with Gasteiger partial charge in [0.05, 0.1) is 0 Å². The molecule has 0 atom stereocenters. The van der Waals surface area contributed by atoms with Crippen LogP contribution in [0.4, 0.5) is 0 Å². The van der Waals surface area contributed by atoms with Gasteiger partial charge in [-0.2, -0.15) is 0 Å². The maximum absolute atomic E-state index is 2.40. The predicted octanol–water partition coefficient (Wildman–Crippen LogP) is -0.0660. The molecule has 0 N–H and O–H groups in total. The van der Waals surface area contributed by atoms with Crippen LogP contribution in [0.2, 0.25) is 6.32 Å². The fraction of sp³-hybridized carbons (Fsp3) is 0.667. The standard InChI is InChI=1S/C3H5AsB/c1-2-4-5-3-1/h2H,1,3H2. The first kappa shape index (κ1) is 3.68. The molecule has 0 saturated heterocycles. The van der Waals surface area contributed by atoms with Crippen LogP contribution in [0.25, 0.3) is 0 Å². The summed E-state index contributed by atoms with van der Waals surface area (Å²) >= 11 is 0.604. The van der Waals surface area contributed by atoms with E-state index in [4.69, 9.17) is 0 Å². The molecule has 1 heterocycles. The molecule has 0 aromatic heterocycles. The molecule has 0 bridgehead atoms. The topological polar surface area (TPSA) is 0 Å². The molecule has 0 nitrogen and oxygen atoms in total. The summed E-state index contributed by atoms with van der Waals surface area (Å²) in [5.41, 5.74) is 2.40. The van der Waals surface area contributed by atoms with Crippen LogP contribution in [0.5, 0.6) is 0 Å². The normalized spacial score (nSPS) is 17.6. The maximum atomic E-state index is 2.40.